The van der Waals surface area contributed by atoms with E-state index in [0.29, 0.717) is 5.92 Å². The van der Waals surface area contributed by atoms with Crippen LogP contribution in [0.4, 0.5) is 5.69 Å². The predicted molar refractivity (Wildman–Crippen MR) is 129 cm³/mol. The van der Waals surface area contributed by atoms with Crippen LogP contribution in [0.2, 0.25) is 0 Å². The molecule has 0 amide bonds. The quantitative estimate of drug-likeness (QED) is 0.734. The molecule has 2 heterocycles. The summed E-state index contributed by atoms with van der Waals surface area (Å²) < 4.78 is 0.947. The number of aryl methyl sites for hydroxylation is 2. The fourth-order valence-corrected chi connectivity index (χ4v) is 4.16. The Labute approximate surface area is 184 Å². The van der Waals surface area contributed by atoms with Gasteiger partial charge in [-0.3, -0.25) is 14.9 Å². The number of rotatable bonds is 4. The van der Waals surface area contributed by atoms with E-state index >= 15 is 0 Å². The van der Waals surface area contributed by atoms with Crippen LogP contribution >= 0.6 is 15.9 Å². The first-order chi connectivity index (χ1) is 14.1. The number of nitrogens with zero attached hydrogens (tertiary/aromatic N) is 4. The highest BCUT2D eigenvalue weighted by molar-refractivity contribution is 9.12. The van der Waals surface area contributed by atoms with E-state index in [2.05, 4.69) is 73.1 Å². The van der Waals surface area contributed by atoms with Crippen molar-refractivity contribution >= 4 is 34.2 Å². The number of hydrogen-bond donors (Lipinski definition) is 1. The minimum Gasteiger partial charge on any atom is -0.369 e. The Morgan fingerprint density at radius 2 is 1.79 bits per heavy atom. The fourth-order valence-electron chi connectivity index (χ4n) is 3.89. The van der Waals surface area contributed by atoms with Gasteiger partial charge in [-0.15, -0.1) is 0 Å². The number of aliphatic imine (C=N–C) groups is 2. The highest BCUT2D eigenvalue weighted by Crippen LogP contribution is 2.21. The summed E-state index contributed by atoms with van der Waals surface area (Å²) in [5.41, 5.74) is 4.13. The summed E-state index contributed by atoms with van der Waals surface area (Å²) >= 11 is 3.48. The number of benzene rings is 1. The molecule has 3 rings (SSSR count). The minimum absolute atomic E-state index is 0.684. The molecule has 1 atom stereocenters. The van der Waals surface area contributed by atoms with Crippen molar-refractivity contribution in [1.29, 1.82) is 0 Å². The van der Waals surface area contributed by atoms with Gasteiger partial charge in [0.1, 0.15) is 0 Å². The molecule has 0 bridgehead atoms. The van der Waals surface area contributed by atoms with Crippen molar-refractivity contribution in [2.24, 2.45) is 15.9 Å². The lowest BCUT2D eigenvalue weighted by molar-refractivity contribution is 0.233. The van der Waals surface area contributed by atoms with E-state index < -0.39 is 0 Å². The Bertz CT molecular complexity index is 735. The third-order valence-electron chi connectivity index (χ3n) is 6.02. The normalized spacial score (nSPS) is 23.6. The molecule has 1 unspecified atom stereocenters. The molecule has 0 aliphatic carbocycles. The summed E-state index contributed by atoms with van der Waals surface area (Å²) in [5.74, 6) is 0.684. The average molecular weight is 460 g/mol. The molecule has 6 heteroatoms. The molecule has 1 saturated heterocycles. The van der Waals surface area contributed by atoms with Gasteiger partial charge in [0.25, 0.3) is 0 Å². The molecule has 0 aromatic heterocycles. The lowest BCUT2D eigenvalue weighted by Crippen LogP contribution is -2.46. The summed E-state index contributed by atoms with van der Waals surface area (Å²) in [5, 5.41) is 3.07. The third kappa shape index (κ3) is 7.27. The van der Waals surface area contributed by atoms with Gasteiger partial charge >= 0.3 is 0 Å². The van der Waals surface area contributed by atoms with Crippen LogP contribution in [0.5, 0.6) is 0 Å². The first-order valence-corrected chi connectivity index (χ1v) is 11.6. The van der Waals surface area contributed by atoms with Crippen molar-refractivity contribution in [3.05, 3.63) is 40.0 Å². The van der Waals surface area contributed by atoms with Crippen LogP contribution in [0.25, 0.3) is 0 Å². The van der Waals surface area contributed by atoms with Crippen molar-refractivity contribution in [2.45, 2.75) is 33.1 Å². The van der Waals surface area contributed by atoms with E-state index in [9.17, 15) is 0 Å². The van der Waals surface area contributed by atoms with Gasteiger partial charge in [0.05, 0.1) is 10.8 Å². The van der Waals surface area contributed by atoms with Crippen LogP contribution in [-0.4, -0.2) is 63.3 Å². The lowest BCUT2D eigenvalue weighted by Gasteiger charge is -2.37. The number of halogens is 1. The van der Waals surface area contributed by atoms with Gasteiger partial charge in [-0.05, 0) is 84.8 Å². The van der Waals surface area contributed by atoms with Crippen LogP contribution in [0.3, 0.4) is 0 Å². The largest absolute Gasteiger partial charge is 0.369 e. The summed E-state index contributed by atoms with van der Waals surface area (Å²) in [6.07, 6.45) is 9.04. The minimum atomic E-state index is 0.684. The first-order valence-electron chi connectivity index (χ1n) is 10.8. The number of hydrogen-bond acceptors (Lipinski definition) is 5. The Morgan fingerprint density at radius 3 is 2.55 bits per heavy atom. The second-order valence-corrected chi connectivity index (χ2v) is 9.01. The number of allylic oxidation sites excluding steroid dienone is 1. The van der Waals surface area contributed by atoms with Gasteiger partial charge < -0.3 is 10.2 Å². The van der Waals surface area contributed by atoms with Crippen LogP contribution in [-0.2, 0) is 0 Å². The third-order valence-corrected chi connectivity index (χ3v) is 6.45. The molecule has 2 aliphatic rings. The van der Waals surface area contributed by atoms with Crippen molar-refractivity contribution in [2.75, 3.05) is 50.7 Å². The van der Waals surface area contributed by atoms with Gasteiger partial charge in [-0.25, -0.2) is 0 Å². The Balaban J connectivity index is 1.44. The second-order valence-electron chi connectivity index (χ2n) is 8.10. The maximum atomic E-state index is 4.54. The molecular weight excluding hydrogens is 426 g/mol. The molecule has 29 heavy (non-hydrogen) atoms. The summed E-state index contributed by atoms with van der Waals surface area (Å²) in [4.78, 5) is 14.2. The van der Waals surface area contributed by atoms with Crippen molar-refractivity contribution in [1.82, 2.24) is 10.2 Å². The first kappa shape index (κ1) is 22.0. The molecule has 158 valence electrons. The lowest BCUT2D eigenvalue weighted by atomic mass is 9.97. The zero-order valence-corrected chi connectivity index (χ0v) is 19.4. The van der Waals surface area contributed by atoms with Crippen LogP contribution in [0.1, 0.15) is 30.4 Å². The Kier molecular flexibility index (Phi) is 8.74. The predicted octanol–water partition coefficient (Wildman–Crippen LogP) is 4.15. The zero-order valence-electron chi connectivity index (χ0n) is 17.8. The topological polar surface area (TPSA) is 43.2 Å². The molecule has 1 aromatic rings. The molecular formula is C23H34BrN5. The van der Waals surface area contributed by atoms with E-state index in [-0.39, 0.29) is 0 Å². The van der Waals surface area contributed by atoms with Gasteiger partial charge in [-0.2, -0.15) is 0 Å². The Hall–Kier alpha value is -1.66. The highest BCUT2D eigenvalue weighted by atomic mass is 79.9. The maximum Gasteiger partial charge on any atom is 0.0863 e. The van der Waals surface area contributed by atoms with E-state index in [1.165, 1.54) is 29.8 Å². The van der Waals surface area contributed by atoms with E-state index in [4.69, 9.17) is 0 Å². The SMILES string of the molecule is Cc1ccc(N2CCN(CCC3CCN=CN/C=C(/Br)C=NCC3)CC2)cc1C. The van der Waals surface area contributed by atoms with Crippen LogP contribution in [0.15, 0.2) is 38.9 Å². The number of anilines is 1. The number of nitrogens with one attached hydrogen (secondary N) is 1. The summed E-state index contributed by atoms with van der Waals surface area (Å²) in [6, 6.07) is 6.85. The van der Waals surface area contributed by atoms with Gasteiger partial charge in [0.2, 0.25) is 0 Å². The van der Waals surface area contributed by atoms with Gasteiger partial charge in [0, 0.05) is 57.4 Å². The Morgan fingerprint density at radius 1 is 1.03 bits per heavy atom. The molecule has 1 N–H and O–H groups in total. The van der Waals surface area contributed by atoms with E-state index in [1.807, 2.05) is 12.4 Å². The highest BCUT2D eigenvalue weighted by Gasteiger charge is 2.18. The monoisotopic (exact) mass is 459 g/mol. The average Bonchev–Trinajstić information content (AvgIpc) is 2.72. The standard InChI is InChI=1S/C23H34BrN5/c1-19-3-4-23(15-20(19)2)29-13-11-28(12-14-29)10-7-21-5-8-25-16-22(24)17-27-18-26-9-6-21/h3-4,15-18,21H,5-14H2,1-2H3,(H,26,27)/b22-17+,25-16?. The fraction of sp³-hybridized carbons (Fsp3) is 0.565. The van der Waals surface area contributed by atoms with Crippen molar-refractivity contribution < 1.29 is 0 Å². The maximum absolute atomic E-state index is 4.54. The van der Waals surface area contributed by atoms with Crippen molar-refractivity contribution in [3.63, 3.8) is 0 Å². The van der Waals surface area contributed by atoms with E-state index in [1.54, 1.807) is 6.34 Å². The van der Waals surface area contributed by atoms with Crippen LogP contribution in [0, 0.1) is 19.8 Å². The number of piperazine rings is 1. The smallest absolute Gasteiger partial charge is 0.0863 e. The van der Waals surface area contributed by atoms with Gasteiger partial charge in [-0.1, -0.05) is 6.07 Å². The summed E-state index contributed by atoms with van der Waals surface area (Å²) in [7, 11) is 0. The molecule has 0 radical (unpaired) electrons. The summed E-state index contributed by atoms with van der Waals surface area (Å²) in [6.45, 7) is 11.9. The zero-order chi connectivity index (χ0) is 20.5. The molecule has 1 aromatic carbocycles. The second kappa shape index (κ2) is 11.5. The molecule has 5 nitrogen and oxygen atoms in total. The molecule has 0 spiro atoms. The molecule has 0 saturated carbocycles. The molecule has 2 aliphatic heterocycles. The molecule has 1 fully saturated rings. The van der Waals surface area contributed by atoms with Gasteiger partial charge in [0.15, 0.2) is 0 Å². The van der Waals surface area contributed by atoms with Crippen LogP contribution < -0.4 is 10.2 Å². The van der Waals surface area contributed by atoms with E-state index in [0.717, 1.165) is 56.6 Å². The van der Waals surface area contributed by atoms with Crippen molar-refractivity contribution in [3.8, 4) is 0 Å².